The van der Waals surface area contributed by atoms with E-state index in [4.69, 9.17) is 15.3 Å². The summed E-state index contributed by atoms with van der Waals surface area (Å²) in [6.45, 7) is -0.278. The van der Waals surface area contributed by atoms with Gasteiger partial charge in [0.15, 0.2) is 0 Å². The molecule has 0 atom stereocenters. The monoisotopic (exact) mass is 210 g/mol. The maximum atomic E-state index is 9.64. The predicted octanol–water partition coefficient (Wildman–Crippen LogP) is -0.872. The third-order valence-corrected chi connectivity index (χ3v) is 0.727. The molecule has 0 spiro atoms. The molecule has 8 N–H and O–H groups in total. The van der Waals surface area contributed by atoms with E-state index in [0.29, 0.717) is 0 Å². The zero-order valence-corrected chi connectivity index (χ0v) is 7.47. The Hall–Kier alpha value is -1.67. The van der Waals surface area contributed by atoms with Crippen molar-refractivity contribution < 1.29 is 29.7 Å². The van der Waals surface area contributed by atoms with Crippen LogP contribution < -0.4 is 11.9 Å². The van der Waals surface area contributed by atoms with E-state index in [-0.39, 0.29) is 25.5 Å². The number of carboxylic acid groups (broad SMARTS) is 3. The summed E-state index contributed by atoms with van der Waals surface area (Å²) in [6.07, 6.45) is -0.593. The molecular formula is C6H14N2O6. The van der Waals surface area contributed by atoms with Crippen molar-refractivity contribution in [3.05, 3.63) is 0 Å². The molecule has 8 heteroatoms. The van der Waals surface area contributed by atoms with E-state index in [1.165, 1.54) is 0 Å². The molecule has 0 aromatic rings. The molecule has 0 aromatic heterocycles. The Morgan fingerprint density at radius 2 is 1.07 bits per heavy atom. The Morgan fingerprint density at radius 1 is 0.857 bits per heavy atom. The Morgan fingerprint density at radius 3 is 1.14 bits per heavy atom. The van der Waals surface area contributed by atoms with E-state index in [1.54, 1.807) is 0 Å². The number of aliphatic carboxylic acids is 3. The molecule has 0 aliphatic carbocycles. The van der Waals surface area contributed by atoms with Gasteiger partial charge < -0.3 is 27.2 Å². The van der Waals surface area contributed by atoms with E-state index < -0.39 is 17.9 Å². The van der Waals surface area contributed by atoms with Crippen molar-refractivity contribution >= 4 is 17.9 Å². The van der Waals surface area contributed by atoms with E-state index >= 15 is 0 Å². The standard InChI is InChI=1S/C4H6O4.C2H5NO2.H3N/c5-3(6)1-2-4(7)8;3-1-2(4)5;/h1-2H2,(H,5,6)(H,7,8);1,3H2,(H,4,5);1H3. The molecule has 0 aliphatic heterocycles. The molecule has 8 nitrogen and oxygen atoms in total. The molecule has 0 saturated carbocycles. The average Bonchev–Trinajstić information content (AvgIpc) is 2.02. The number of rotatable bonds is 4. The highest BCUT2D eigenvalue weighted by Gasteiger charge is 2.00. The first-order valence-electron chi connectivity index (χ1n) is 3.25. The summed E-state index contributed by atoms with van der Waals surface area (Å²) in [4.78, 5) is 28.5. The Labute approximate surface area is 79.9 Å². The molecule has 84 valence electrons. The largest absolute Gasteiger partial charge is 0.481 e. The lowest BCUT2D eigenvalue weighted by atomic mass is 10.3. The molecule has 0 aromatic carbocycles. The zero-order chi connectivity index (χ0) is 10.9. The van der Waals surface area contributed by atoms with E-state index in [2.05, 4.69) is 5.73 Å². The number of nitrogens with two attached hydrogens (primary N) is 1. The second-order valence-corrected chi connectivity index (χ2v) is 1.89. The predicted molar refractivity (Wildman–Crippen MR) is 46.2 cm³/mol. The first kappa shape index (κ1) is 18.2. The molecule has 14 heavy (non-hydrogen) atoms. The van der Waals surface area contributed by atoms with Crippen LogP contribution in [0.4, 0.5) is 0 Å². The fraction of sp³-hybridized carbons (Fsp3) is 0.500. The van der Waals surface area contributed by atoms with Crippen molar-refractivity contribution in [1.82, 2.24) is 6.15 Å². The SMILES string of the molecule is N.NCC(=O)O.O=C(O)CCC(=O)O. The van der Waals surface area contributed by atoms with Crippen molar-refractivity contribution in [2.45, 2.75) is 12.8 Å². The quantitative estimate of drug-likeness (QED) is 0.397. The molecule has 0 fully saturated rings. The van der Waals surface area contributed by atoms with Gasteiger partial charge in [0.2, 0.25) is 0 Å². The van der Waals surface area contributed by atoms with Crippen LogP contribution in [0.15, 0.2) is 0 Å². The van der Waals surface area contributed by atoms with Gasteiger partial charge in [-0.3, -0.25) is 14.4 Å². The smallest absolute Gasteiger partial charge is 0.317 e. The van der Waals surface area contributed by atoms with Gasteiger partial charge in [0.05, 0.1) is 19.4 Å². The Kier molecular flexibility index (Phi) is 14.7. The normalized spacial score (nSPS) is 7.50. The maximum absolute atomic E-state index is 9.64. The molecule has 0 rings (SSSR count). The van der Waals surface area contributed by atoms with Crippen LogP contribution in [-0.4, -0.2) is 39.8 Å². The van der Waals surface area contributed by atoms with Crippen LogP contribution >= 0.6 is 0 Å². The summed E-state index contributed by atoms with van der Waals surface area (Å²) in [5.74, 6) is -3.12. The van der Waals surface area contributed by atoms with Crippen molar-refractivity contribution in [2.75, 3.05) is 6.54 Å². The van der Waals surface area contributed by atoms with Crippen LogP contribution in [0.1, 0.15) is 12.8 Å². The minimum Gasteiger partial charge on any atom is -0.481 e. The third kappa shape index (κ3) is 31.7. The molecule has 0 unspecified atom stereocenters. The zero-order valence-electron chi connectivity index (χ0n) is 7.47. The van der Waals surface area contributed by atoms with Gasteiger partial charge in [-0.15, -0.1) is 0 Å². The second kappa shape index (κ2) is 11.3. The molecule has 0 amide bonds. The van der Waals surface area contributed by atoms with E-state index in [9.17, 15) is 14.4 Å². The number of carboxylic acids is 3. The van der Waals surface area contributed by atoms with Crippen LogP contribution in [0.5, 0.6) is 0 Å². The molecule has 0 bridgehead atoms. The minimum atomic E-state index is -1.08. The van der Waals surface area contributed by atoms with Gasteiger partial charge in [-0.1, -0.05) is 0 Å². The highest BCUT2D eigenvalue weighted by atomic mass is 16.4. The van der Waals surface area contributed by atoms with Gasteiger partial charge in [0, 0.05) is 0 Å². The van der Waals surface area contributed by atoms with Crippen molar-refractivity contribution in [2.24, 2.45) is 5.73 Å². The van der Waals surface area contributed by atoms with Crippen molar-refractivity contribution in [1.29, 1.82) is 0 Å². The lowest BCUT2D eigenvalue weighted by molar-refractivity contribution is -0.143. The van der Waals surface area contributed by atoms with E-state index in [0.717, 1.165) is 0 Å². The Bertz CT molecular complexity index is 179. The molecular weight excluding hydrogens is 196 g/mol. The van der Waals surface area contributed by atoms with Gasteiger partial charge >= 0.3 is 17.9 Å². The van der Waals surface area contributed by atoms with Crippen LogP contribution in [0.3, 0.4) is 0 Å². The fourth-order valence-corrected chi connectivity index (χ4v) is 0.214. The van der Waals surface area contributed by atoms with Crippen molar-refractivity contribution in [3.8, 4) is 0 Å². The van der Waals surface area contributed by atoms with Gasteiger partial charge in [0.25, 0.3) is 0 Å². The molecule has 0 radical (unpaired) electrons. The fourth-order valence-electron chi connectivity index (χ4n) is 0.214. The summed E-state index contributed by atoms with van der Waals surface area (Å²) in [7, 11) is 0. The summed E-state index contributed by atoms with van der Waals surface area (Å²) >= 11 is 0. The first-order valence-corrected chi connectivity index (χ1v) is 3.25. The summed E-state index contributed by atoms with van der Waals surface area (Å²) in [5, 5.41) is 23.4. The highest BCUT2D eigenvalue weighted by Crippen LogP contribution is 1.86. The van der Waals surface area contributed by atoms with Crippen LogP contribution in [0.25, 0.3) is 0 Å². The topological polar surface area (TPSA) is 173 Å². The molecule has 0 heterocycles. The number of hydrogen-bond donors (Lipinski definition) is 5. The molecule has 0 saturated heterocycles. The third-order valence-electron chi connectivity index (χ3n) is 0.727. The first-order chi connectivity index (χ1) is 5.90. The van der Waals surface area contributed by atoms with Gasteiger partial charge in [-0.25, -0.2) is 0 Å². The summed E-state index contributed by atoms with van der Waals surface area (Å²) < 4.78 is 0. The summed E-state index contributed by atoms with van der Waals surface area (Å²) in [6, 6.07) is 0. The molecule has 0 aliphatic rings. The average molecular weight is 210 g/mol. The van der Waals surface area contributed by atoms with Crippen molar-refractivity contribution in [3.63, 3.8) is 0 Å². The lowest BCUT2D eigenvalue weighted by Gasteiger charge is -1.85. The summed E-state index contributed by atoms with van der Waals surface area (Å²) in [5.41, 5.74) is 4.57. The van der Waals surface area contributed by atoms with Crippen LogP contribution in [0.2, 0.25) is 0 Å². The lowest BCUT2D eigenvalue weighted by Crippen LogP contribution is -2.10. The maximum Gasteiger partial charge on any atom is 0.317 e. The van der Waals surface area contributed by atoms with E-state index in [1.807, 2.05) is 0 Å². The van der Waals surface area contributed by atoms with Gasteiger partial charge in [-0.2, -0.15) is 0 Å². The Balaban J connectivity index is -0.000000177. The van der Waals surface area contributed by atoms with Crippen LogP contribution in [0, 0.1) is 0 Å². The number of hydrogen-bond acceptors (Lipinski definition) is 5. The highest BCUT2D eigenvalue weighted by molar-refractivity contribution is 5.75. The second-order valence-electron chi connectivity index (χ2n) is 1.89. The van der Waals surface area contributed by atoms with Crippen LogP contribution in [-0.2, 0) is 14.4 Å². The van der Waals surface area contributed by atoms with Gasteiger partial charge in [-0.05, 0) is 0 Å². The number of carbonyl (C=O) groups is 3. The minimum absolute atomic E-state index is 0. The van der Waals surface area contributed by atoms with Gasteiger partial charge in [0.1, 0.15) is 0 Å².